The van der Waals surface area contributed by atoms with Crippen LogP contribution in [0.3, 0.4) is 0 Å². The van der Waals surface area contributed by atoms with Gasteiger partial charge in [-0.05, 0) is 85.0 Å². The molecule has 12 heteroatoms. The van der Waals surface area contributed by atoms with Crippen molar-refractivity contribution in [2.24, 2.45) is 0 Å². The van der Waals surface area contributed by atoms with Gasteiger partial charge in [0.25, 0.3) is 0 Å². The van der Waals surface area contributed by atoms with Gasteiger partial charge in [-0.15, -0.1) is 5.10 Å². The summed E-state index contributed by atoms with van der Waals surface area (Å²) in [5.74, 6) is 0.784. The van der Waals surface area contributed by atoms with Crippen molar-refractivity contribution in [2.75, 3.05) is 18.5 Å². The highest BCUT2D eigenvalue weighted by Crippen LogP contribution is 2.38. The first-order chi connectivity index (χ1) is 22.7. The van der Waals surface area contributed by atoms with Gasteiger partial charge < -0.3 is 19.0 Å². The van der Waals surface area contributed by atoms with Crippen molar-refractivity contribution in [3.05, 3.63) is 106 Å². The molecule has 47 heavy (non-hydrogen) atoms. The standard InChI is InChI=1S/C35H35N5O6S/c1-4-44-34(41)19-29-24-10-9-22(2)25(17-24)20-39-21-26-18-27(11-14-32(26)46-47(39,42)43)45-33-8-6-5-7-30(33)36-15-16-40-31-13-12-28(29)23(3)35(31)37-38-40/h5-14,17-18,29,36H,4,15-16,19-21H2,1-3H3. The fourth-order valence-corrected chi connectivity index (χ4v) is 7.40. The summed E-state index contributed by atoms with van der Waals surface area (Å²) in [5, 5.41) is 12.5. The zero-order valence-electron chi connectivity index (χ0n) is 26.4. The molecule has 4 aromatic carbocycles. The highest BCUT2D eigenvalue weighted by molar-refractivity contribution is 7.84. The number of carbonyl (C=O) groups is 1. The lowest BCUT2D eigenvalue weighted by molar-refractivity contribution is -0.143. The van der Waals surface area contributed by atoms with E-state index in [-0.39, 0.29) is 43.8 Å². The summed E-state index contributed by atoms with van der Waals surface area (Å²) in [5.41, 5.74) is 7.56. The van der Waals surface area contributed by atoms with Gasteiger partial charge >= 0.3 is 16.3 Å². The summed E-state index contributed by atoms with van der Waals surface area (Å²) >= 11 is 0. The summed E-state index contributed by atoms with van der Waals surface area (Å²) < 4.78 is 47.1. The summed E-state index contributed by atoms with van der Waals surface area (Å²) in [4.78, 5) is 12.9. The molecule has 0 saturated heterocycles. The number of ether oxygens (including phenoxy) is 2. The molecule has 8 rings (SSSR count). The van der Waals surface area contributed by atoms with Crippen LogP contribution in [0.5, 0.6) is 17.2 Å². The fourth-order valence-electron chi connectivity index (χ4n) is 6.31. The Morgan fingerprint density at radius 1 is 1.00 bits per heavy atom. The Bertz CT molecular complexity index is 2110. The molecule has 1 N–H and O–H groups in total. The number of para-hydroxylation sites is 2. The summed E-state index contributed by atoms with van der Waals surface area (Å²) in [6.07, 6.45) is 0.113. The lowest BCUT2D eigenvalue weighted by atomic mass is 9.84. The number of carbonyl (C=O) groups excluding carboxylic acids is 1. The maximum atomic E-state index is 13.3. The van der Waals surface area contributed by atoms with Crippen molar-refractivity contribution in [2.45, 2.75) is 52.7 Å². The molecular formula is C35H35N5O6S. The van der Waals surface area contributed by atoms with Gasteiger partial charge in [-0.25, -0.2) is 4.68 Å². The van der Waals surface area contributed by atoms with Gasteiger partial charge in [-0.2, -0.15) is 12.7 Å². The van der Waals surface area contributed by atoms with Crippen molar-refractivity contribution < 1.29 is 26.9 Å². The van der Waals surface area contributed by atoms with E-state index in [1.807, 2.05) is 79.2 Å². The molecule has 0 saturated carbocycles. The Morgan fingerprint density at radius 3 is 2.68 bits per heavy atom. The normalized spacial score (nSPS) is 18.4. The molecule has 0 radical (unpaired) electrons. The maximum Gasteiger partial charge on any atom is 0.385 e. The van der Waals surface area contributed by atoms with Crippen molar-refractivity contribution in [1.82, 2.24) is 19.3 Å². The summed E-state index contributed by atoms with van der Waals surface area (Å²) in [7, 11) is -4.08. The van der Waals surface area contributed by atoms with Crippen molar-refractivity contribution in [3.8, 4) is 17.2 Å². The Morgan fingerprint density at radius 2 is 1.83 bits per heavy atom. The van der Waals surface area contributed by atoms with Crippen LogP contribution in [0.1, 0.15) is 52.6 Å². The van der Waals surface area contributed by atoms with Crippen molar-refractivity contribution in [3.63, 3.8) is 0 Å². The van der Waals surface area contributed by atoms with Crippen LogP contribution in [0.15, 0.2) is 72.8 Å². The van der Waals surface area contributed by atoms with Gasteiger partial charge in [-0.1, -0.05) is 41.6 Å². The van der Waals surface area contributed by atoms with Crippen LogP contribution in [0, 0.1) is 13.8 Å². The number of esters is 1. The molecule has 2 unspecified atom stereocenters. The molecule has 11 nitrogen and oxygen atoms in total. The van der Waals surface area contributed by atoms with E-state index >= 15 is 0 Å². The Labute approximate surface area is 273 Å². The number of hydrogen-bond acceptors (Lipinski definition) is 9. The second-order valence-electron chi connectivity index (χ2n) is 11.8. The topological polar surface area (TPSA) is 125 Å². The van der Waals surface area contributed by atoms with Gasteiger partial charge in [0, 0.05) is 31.1 Å². The number of fused-ring (bicyclic) bond motifs is 3. The minimum Gasteiger partial charge on any atom is -0.466 e. The van der Waals surface area contributed by atoms with Gasteiger partial charge in [0.2, 0.25) is 0 Å². The van der Waals surface area contributed by atoms with Crippen molar-refractivity contribution >= 4 is 33.0 Å². The summed E-state index contributed by atoms with van der Waals surface area (Å²) in [6, 6.07) is 22.7. The fraction of sp³-hybridized carbons (Fsp3) is 0.286. The van der Waals surface area contributed by atoms with Gasteiger partial charge in [0.05, 0.1) is 30.8 Å². The second kappa shape index (κ2) is 12.3. The van der Waals surface area contributed by atoms with Crippen LogP contribution < -0.4 is 14.2 Å². The molecule has 3 aliphatic heterocycles. The smallest absolute Gasteiger partial charge is 0.385 e. The number of rotatable bonds is 3. The molecule has 242 valence electrons. The van der Waals surface area contributed by atoms with Crippen LogP contribution in [0.4, 0.5) is 5.69 Å². The number of benzene rings is 4. The molecule has 0 spiro atoms. The molecular weight excluding hydrogens is 618 g/mol. The summed E-state index contributed by atoms with van der Waals surface area (Å²) in [6.45, 7) is 7.30. The minimum absolute atomic E-state index is 0.0811. The van der Waals surface area contributed by atoms with Crippen LogP contribution in [-0.2, 0) is 39.5 Å². The first-order valence-corrected chi connectivity index (χ1v) is 17.0. The van der Waals surface area contributed by atoms with E-state index in [9.17, 15) is 13.2 Å². The number of aromatic nitrogens is 3. The van der Waals surface area contributed by atoms with Crippen LogP contribution in [0.25, 0.3) is 11.0 Å². The number of hydrogen-bond donors (Lipinski definition) is 1. The average Bonchev–Trinajstić information content (AvgIpc) is 3.46. The first-order valence-electron chi connectivity index (χ1n) is 15.6. The zero-order chi connectivity index (χ0) is 32.7. The van der Waals surface area contributed by atoms with Gasteiger partial charge in [-0.3, -0.25) is 4.79 Å². The third-order valence-corrected chi connectivity index (χ3v) is 10.1. The number of nitrogens with one attached hydrogen (secondary N) is 1. The SMILES string of the molecule is CCOC(=O)CC1c2ccc(C)c(c2)CN2Cc3cc(ccc3OS2(=O)=O)Oc2ccccc2NCCn2nnc3c(C)c1ccc32. The molecule has 3 aliphatic rings. The molecule has 9 bridgehead atoms. The average molecular weight is 654 g/mol. The lowest BCUT2D eigenvalue weighted by Crippen LogP contribution is -2.37. The third kappa shape index (κ3) is 6.01. The van der Waals surface area contributed by atoms with Crippen LogP contribution >= 0.6 is 0 Å². The molecule has 0 amide bonds. The lowest BCUT2D eigenvalue weighted by Gasteiger charge is -2.29. The molecule has 4 heterocycles. The highest BCUT2D eigenvalue weighted by Gasteiger charge is 2.33. The number of nitrogens with zero attached hydrogens (tertiary/aromatic N) is 4. The van der Waals surface area contributed by atoms with Crippen LogP contribution in [-0.4, -0.2) is 46.8 Å². The van der Waals surface area contributed by atoms with Crippen LogP contribution in [0.2, 0.25) is 0 Å². The van der Waals surface area contributed by atoms with Crippen molar-refractivity contribution in [1.29, 1.82) is 0 Å². The predicted molar refractivity (Wildman–Crippen MR) is 177 cm³/mol. The van der Waals surface area contributed by atoms with E-state index in [1.165, 1.54) is 4.31 Å². The first kappa shape index (κ1) is 30.7. The minimum atomic E-state index is -4.08. The molecule has 0 fully saturated rings. The maximum absolute atomic E-state index is 13.3. The molecule has 5 aromatic rings. The number of anilines is 1. The largest absolute Gasteiger partial charge is 0.466 e. The van der Waals surface area contributed by atoms with Gasteiger partial charge in [0.15, 0.2) is 5.75 Å². The predicted octanol–water partition coefficient (Wildman–Crippen LogP) is 5.99. The molecule has 1 aromatic heterocycles. The monoisotopic (exact) mass is 653 g/mol. The Kier molecular flexibility index (Phi) is 8.06. The second-order valence-corrected chi connectivity index (χ2v) is 13.3. The third-order valence-electron chi connectivity index (χ3n) is 8.80. The Balaban J connectivity index is 1.36. The zero-order valence-corrected chi connectivity index (χ0v) is 27.2. The highest BCUT2D eigenvalue weighted by atomic mass is 32.2. The van der Waals surface area contributed by atoms with Gasteiger partial charge in [0.1, 0.15) is 17.0 Å². The van der Waals surface area contributed by atoms with E-state index in [4.69, 9.17) is 13.7 Å². The van der Waals surface area contributed by atoms with E-state index in [1.54, 1.807) is 19.1 Å². The van der Waals surface area contributed by atoms with E-state index < -0.39 is 10.3 Å². The molecule has 2 atom stereocenters. The van der Waals surface area contributed by atoms with E-state index in [0.717, 1.165) is 44.5 Å². The Hall–Kier alpha value is -4.94. The number of aryl methyl sites for hydroxylation is 2. The van der Waals surface area contributed by atoms with E-state index in [0.29, 0.717) is 30.2 Å². The molecule has 0 aliphatic carbocycles. The van der Waals surface area contributed by atoms with E-state index in [2.05, 4.69) is 15.6 Å². The quantitative estimate of drug-likeness (QED) is 0.234.